The van der Waals surface area contributed by atoms with E-state index in [1.165, 1.54) is 21.3 Å². The summed E-state index contributed by atoms with van der Waals surface area (Å²) in [5.41, 5.74) is 6.43. The van der Waals surface area contributed by atoms with E-state index in [-0.39, 0.29) is 42.6 Å². The van der Waals surface area contributed by atoms with Crippen LogP contribution in [0.25, 0.3) is 0 Å². The second-order valence-corrected chi connectivity index (χ2v) is 7.33. The zero-order valence-electron chi connectivity index (χ0n) is 17.1. The van der Waals surface area contributed by atoms with Gasteiger partial charge in [0.15, 0.2) is 11.5 Å². The van der Waals surface area contributed by atoms with Gasteiger partial charge in [-0.15, -0.1) is 12.4 Å². The van der Waals surface area contributed by atoms with E-state index in [0.29, 0.717) is 41.9 Å². The molecule has 0 bridgehead atoms. The summed E-state index contributed by atoms with van der Waals surface area (Å²) in [6, 6.07) is 3.56. The number of carbonyl (C=O) groups excluding carboxylic acids is 2. The Kier molecular flexibility index (Phi) is 7.98. The van der Waals surface area contributed by atoms with E-state index in [4.69, 9.17) is 19.9 Å². The van der Waals surface area contributed by atoms with Crippen LogP contribution in [0.4, 0.5) is 5.69 Å². The van der Waals surface area contributed by atoms with E-state index in [9.17, 15) is 9.59 Å². The molecule has 1 aromatic rings. The molecular formula is C20H30ClN3O5. The molecule has 1 heterocycles. The highest BCUT2D eigenvalue weighted by atomic mass is 35.5. The Balaban J connectivity index is 0.00000300. The molecule has 162 valence electrons. The van der Waals surface area contributed by atoms with Crippen molar-refractivity contribution >= 4 is 29.9 Å². The normalized spacial score (nSPS) is 23.5. The maximum absolute atomic E-state index is 12.7. The maximum atomic E-state index is 12.7. The highest BCUT2D eigenvalue weighted by molar-refractivity contribution is 6.00. The molecule has 0 radical (unpaired) electrons. The van der Waals surface area contributed by atoms with Crippen LogP contribution in [0, 0.1) is 11.8 Å². The summed E-state index contributed by atoms with van der Waals surface area (Å²) in [4.78, 5) is 26.9. The third-order valence-electron chi connectivity index (χ3n) is 5.75. The Hall–Kier alpha value is -2.19. The Morgan fingerprint density at radius 2 is 1.83 bits per heavy atom. The molecule has 3 atom stereocenters. The lowest BCUT2D eigenvalue weighted by molar-refractivity contribution is -0.127. The average Bonchev–Trinajstić information content (AvgIpc) is 3.32. The molecule has 2 aliphatic rings. The number of hydrogen-bond acceptors (Lipinski definition) is 6. The number of halogens is 1. The van der Waals surface area contributed by atoms with Gasteiger partial charge in [-0.25, -0.2) is 0 Å². The van der Waals surface area contributed by atoms with Crippen LogP contribution < -0.4 is 30.2 Å². The van der Waals surface area contributed by atoms with Crippen molar-refractivity contribution in [2.45, 2.75) is 31.7 Å². The molecule has 3 unspecified atom stereocenters. The van der Waals surface area contributed by atoms with Gasteiger partial charge in [-0.05, 0) is 25.3 Å². The molecule has 1 saturated carbocycles. The van der Waals surface area contributed by atoms with Crippen molar-refractivity contribution < 1.29 is 23.8 Å². The Labute approximate surface area is 177 Å². The number of nitrogens with one attached hydrogen (secondary N) is 1. The number of hydrogen-bond donors (Lipinski definition) is 2. The van der Waals surface area contributed by atoms with Gasteiger partial charge in [0.1, 0.15) is 0 Å². The molecule has 8 nitrogen and oxygen atoms in total. The van der Waals surface area contributed by atoms with E-state index < -0.39 is 0 Å². The number of methoxy groups -OCH3 is 3. The third-order valence-corrected chi connectivity index (χ3v) is 5.75. The number of nitrogens with two attached hydrogens (primary N) is 1. The van der Waals surface area contributed by atoms with E-state index >= 15 is 0 Å². The van der Waals surface area contributed by atoms with Gasteiger partial charge < -0.3 is 30.2 Å². The van der Waals surface area contributed by atoms with Crippen LogP contribution >= 0.6 is 12.4 Å². The lowest BCUT2D eigenvalue weighted by Crippen LogP contribution is -2.43. The van der Waals surface area contributed by atoms with Crippen molar-refractivity contribution in [1.29, 1.82) is 0 Å². The van der Waals surface area contributed by atoms with E-state index in [1.54, 1.807) is 17.0 Å². The Bertz CT molecular complexity index is 720. The highest BCUT2D eigenvalue weighted by Gasteiger charge is 2.38. The minimum atomic E-state index is -0.384. The first-order chi connectivity index (χ1) is 13.5. The lowest BCUT2D eigenvalue weighted by Gasteiger charge is -2.22. The predicted molar refractivity (Wildman–Crippen MR) is 112 cm³/mol. The van der Waals surface area contributed by atoms with E-state index in [1.807, 2.05) is 0 Å². The number of amides is 2. The topological polar surface area (TPSA) is 103 Å². The number of rotatable bonds is 7. The fourth-order valence-electron chi connectivity index (χ4n) is 4.17. The summed E-state index contributed by atoms with van der Waals surface area (Å²) in [5.74, 6) is 1.16. The van der Waals surface area contributed by atoms with E-state index in [2.05, 4.69) is 5.32 Å². The van der Waals surface area contributed by atoms with Crippen molar-refractivity contribution in [3.8, 4) is 17.2 Å². The summed E-state index contributed by atoms with van der Waals surface area (Å²) in [6.07, 6.45) is 3.25. The van der Waals surface area contributed by atoms with Crippen LogP contribution in [0.3, 0.4) is 0 Å². The number of nitrogens with zero attached hydrogens (tertiary/aromatic N) is 1. The average molecular weight is 428 g/mol. The summed E-state index contributed by atoms with van der Waals surface area (Å²) >= 11 is 0. The molecule has 0 aromatic heterocycles. The first-order valence-electron chi connectivity index (χ1n) is 9.63. The fraction of sp³-hybridized carbons (Fsp3) is 0.600. The first kappa shape index (κ1) is 23.1. The van der Waals surface area contributed by atoms with Gasteiger partial charge in [0.2, 0.25) is 17.6 Å². The van der Waals surface area contributed by atoms with Gasteiger partial charge in [-0.3, -0.25) is 9.59 Å². The molecule has 9 heteroatoms. The molecular weight excluding hydrogens is 398 g/mol. The van der Waals surface area contributed by atoms with Crippen LogP contribution in [0.1, 0.15) is 25.7 Å². The minimum Gasteiger partial charge on any atom is -0.493 e. The van der Waals surface area contributed by atoms with Crippen molar-refractivity contribution in [3.63, 3.8) is 0 Å². The van der Waals surface area contributed by atoms with Crippen molar-refractivity contribution in [3.05, 3.63) is 12.1 Å². The standard InChI is InChI=1S/C20H29N3O5.ClH/c1-26-16-8-14(9-17(27-2)19(16)28-3)23-11-13(7-18(23)24)20(25)22-15-6-4-5-12(15)10-21;/h8-9,12-13,15H,4-7,10-11,21H2,1-3H3,(H,22,25);1H. The smallest absolute Gasteiger partial charge is 0.227 e. The molecule has 1 aliphatic heterocycles. The van der Waals surface area contributed by atoms with Crippen LogP contribution in [0.2, 0.25) is 0 Å². The molecule has 1 aromatic carbocycles. The zero-order valence-corrected chi connectivity index (χ0v) is 17.9. The number of anilines is 1. The Morgan fingerprint density at radius 3 is 2.38 bits per heavy atom. The largest absolute Gasteiger partial charge is 0.493 e. The molecule has 3 rings (SSSR count). The number of ether oxygens (including phenoxy) is 3. The third kappa shape index (κ3) is 4.70. The fourth-order valence-corrected chi connectivity index (χ4v) is 4.17. The molecule has 29 heavy (non-hydrogen) atoms. The summed E-state index contributed by atoms with van der Waals surface area (Å²) in [6.45, 7) is 0.898. The van der Waals surface area contributed by atoms with Crippen LogP contribution in [0.5, 0.6) is 17.2 Å². The number of benzene rings is 1. The first-order valence-corrected chi connectivity index (χ1v) is 9.63. The van der Waals surface area contributed by atoms with Crippen LogP contribution in [-0.2, 0) is 9.59 Å². The van der Waals surface area contributed by atoms with Crippen LogP contribution in [0.15, 0.2) is 12.1 Å². The molecule has 1 aliphatic carbocycles. The predicted octanol–water partition coefficient (Wildman–Crippen LogP) is 1.73. The van der Waals surface area contributed by atoms with Crippen molar-refractivity contribution in [2.24, 2.45) is 17.6 Å². The summed E-state index contributed by atoms with van der Waals surface area (Å²) in [7, 11) is 4.58. The van der Waals surface area contributed by atoms with Gasteiger partial charge in [0.05, 0.1) is 32.9 Å². The molecule has 2 amide bonds. The maximum Gasteiger partial charge on any atom is 0.227 e. The lowest BCUT2D eigenvalue weighted by atomic mass is 10.0. The highest BCUT2D eigenvalue weighted by Crippen LogP contribution is 2.42. The second-order valence-electron chi connectivity index (χ2n) is 7.33. The SMILES string of the molecule is COc1cc(N2CC(C(=O)NC3CCCC3CN)CC2=O)cc(OC)c1OC.Cl. The summed E-state index contributed by atoms with van der Waals surface area (Å²) < 4.78 is 16.1. The number of carbonyl (C=O) groups is 2. The molecule has 0 spiro atoms. The Morgan fingerprint density at radius 1 is 1.17 bits per heavy atom. The second kappa shape index (κ2) is 10.0. The molecule has 1 saturated heterocycles. The quantitative estimate of drug-likeness (QED) is 0.686. The molecule has 2 fully saturated rings. The van der Waals surface area contributed by atoms with Crippen molar-refractivity contribution in [2.75, 3.05) is 39.3 Å². The zero-order chi connectivity index (χ0) is 20.3. The van der Waals surface area contributed by atoms with E-state index in [0.717, 1.165) is 19.3 Å². The van der Waals surface area contributed by atoms with Gasteiger partial charge >= 0.3 is 0 Å². The summed E-state index contributed by atoms with van der Waals surface area (Å²) in [5, 5.41) is 3.11. The van der Waals surface area contributed by atoms with Crippen molar-refractivity contribution in [1.82, 2.24) is 5.32 Å². The van der Waals surface area contributed by atoms with Gasteiger partial charge in [0, 0.05) is 31.1 Å². The van der Waals surface area contributed by atoms with Gasteiger partial charge in [-0.1, -0.05) is 6.42 Å². The van der Waals surface area contributed by atoms with Gasteiger partial charge in [0.25, 0.3) is 0 Å². The molecule has 3 N–H and O–H groups in total. The van der Waals surface area contributed by atoms with Gasteiger partial charge in [-0.2, -0.15) is 0 Å². The van der Waals surface area contributed by atoms with Crippen LogP contribution in [-0.4, -0.2) is 52.3 Å². The monoisotopic (exact) mass is 427 g/mol. The minimum absolute atomic E-state index is 0.